The Kier molecular flexibility index (Phi) is 3.84. The summed E-state index contributed by atoms with van der Waals surface area (Å²) in [6, 6.07) is 7.58. The Bertz CT molecular complexity index is 671. The minimum atomic E-state index is -3.42. The van der Waals surface area contributed by atoms with E-state index >= 15 is 0 Å². The molecule has 5 nitrogen and oxygen atoms in total. The fourth-order valence-corrected chi connectivity index (χ4v) is 3.34. The molecule has 2 aromatic rings. The number of nitrogens with two attached hydrogens (primary N) is 1. The molecule has 2 N–H and O–H groups in total. The number of thioether (sulfide) groups is 1. The molecule has 2 rings (SSSR count). The number of sulfonamides is 1. The maximum Gasteiger partial charge on any atom is 0.209 e. The maximum absolute atomic E-state index is 10.8. The monoisotopic (exact) mass is 283 g/mol. The van der Waals surface area contributed by atoms with Crippen molar-refractivity contribution >= 4 is 32.8 Å². The quantitative estimate of drug-likeness (QED) is 0.855. The van der Waals surface area contributed by atoms with E-state index in [1.165, 1.54) is 11.8 Å². The van der Waals surface area contributed by atoms with Crippen molar-refractivity contribution in [2.75, 3.05) is 11.5 Å². The van der Waals surface area contributed by atoms with Gasteiger partial charge < -0.3 is 0 Å². The van der Waals surface area contributed by atoms with Gasteiger partial charge in [0.2, 0.25) is 10.0 Å². The molecule has 0 saturated carbocycles. The lowest BCUT2D eigenvalue weighted by Crippen LogP contribution is -2.17. The first-order valence-electron chi connectivity index (χ1n) is 5.32. The van der Waals surface area contributed by atoms with Gasteiger partial charge in [-0.15, -0.1) is 11.8 Å². The summed E-state index contributed by atoms with van der Waals surface area (Å²) in [5, 5.41) is 5.70. The number of fused-ring (bicyclic) bond motifs is 1. The molecular weight excluding hydrogens is 270 g/mol. The van der Waals surface area contributed by atoms with Gasteiger partial charge >= 0.3 is 0 Å². The average molecular weight is 283 g/mol. The summed E-state index contributed by atoms with van der Waals surface area (Å²) in [7, 11) is -3.42. The van der Waals surface area contributed by atoms with E-state index in [0.29, 0.717) is 5.75 Å². The Morgan fingerprint density at radius 1 is 1.22 bits per heavy atom. The molecule has 0 aliphatic heterocycles. The summed E-state index contributed by atoms with van der Waals surface area (Å²) in [5.74, 6) is 0.318. The summed E-state index contributed by atoms with van der Waals surface area (Å²) in [4.78, 5) is 8.89. The van der Waals surface area contributed by atoms with Crippen LogP contribution in [0, 0.1) is 6.92 Å². The predicted octanol–water partition coefficient (Wildman–Crippen LogP) is 1.32. The van der Waals surface area contributed by atoms with Crippen molar-refractivity contribution in [2.24, 2.45) is 5.14 Å². The van der Waals surface area contributed by atoms with Crippen molar-refractivity contribution in [3.8, 4) is 0 Å². The van der Waals surface area contributed by atoms with Crippen LogP contribution in [0.1, 0.15) is 5.69 Å². The number of rotatable bonds is 4. The van der Waals surface area contributed by atoms with Crippen LogP contribution in [0.5, 0.6) is 0 Å². The Labute approximate surface area is 110 Å². The third kappa shape index (κ3) is 3.41. The maximum atomic E-state index is 10.8. The zero-order valence-corrected chi connectivity index (χ0v) is 11.5. The van der Waals surface area contributed by atoms with Gasteiger partial charge in [-0.1, -0.05) is 12.1 Å². The van der Waals surface area contributed by atoms with Crippen molar-refractivity contribution in [2.45, 2.75) is 11.9 Å². The summed E-state index contributed by atoms with van der Waals surface area (Å²) in [6.07, 6.45) is 0. The Morgan fingerprint density at radius 2 is 1.83 bits per heavy atom. The van der Waals surface area contributed by atoms with Crippen LogP contribution in [0.2, 0.25) is 0 Å². The zero-order valence-electron chi connectivity index (χ0n) is 9.83. The number of hydrogen-bond donors (Lipinski definition) is 1. The summed E-state index contributed by atoms with van der Waals surface area (Å²) < 4.78 is 21.7. The third-order valence-corrected chi connectivity index (χ3v) is 4.41. The van der Waals surface area contributed by atoms with E-state index in [2.05, 4.69) is 9.97 Å². The van der Waals surface area contributed by atoms with E-state index < -0.39 is 10.0 Å². The molecule has 7 heteroatoms. The van der Waals surface area contributed by atoms with Gasteiger partial charge in [0.05, 0.1) is 22.5 Å². The standard InChI is InChI=1S/C11H13N3O2S2/c1-8-11(17-6-7-18(12,15)16)14-10-5-3-2-4-9(10)13-8/h2-5H,6-7H2,1H3,(H2,12,15,16). The number of aromatic nitrogens is 2. The minimum absolute atomic E-state index is 0.0639. The van der Waals surface area contributed by atoms with Crippen LogP contribution in [-0.4, -0.2) is 29.9 Å². The lowest BCUT2D eigenvalue weighted by molar-refractivity contribution is 0.599. The van der Waals surface area contributed by atoms with Crippen LogP contribution in [0.4, 0.5) is 0 Å². The minimum Gasteiger partial charge on any atom is -0.249 e. The second-order valence-electron chi connectivity index (χ2n) is 3.82. The lowest BCUT2D eigenvalue weighted by atomic mass is 10.3. The Balaban J connectivity index is 2.20. The van der Waals surface area contributed by atoms with Crippen LogP contribution in [0.25, 0.3) is 11.0 Å². The van der Waals surface area contributed by atoms with E-state index in [-0.39, 0.29) is 5.75 Å². The smallest absolute Gasteiger partial charge is 0.209 e. The summed E-state index contributed by atoms with van der Waals surface area (Å²) in [6.45, 7) is 1.86. The van der Waals surface area contributed by atoms with E-state index in [0.717, 1.165) is 21.8 Å². The zero-order chi connectivity index (χ0) is 13.2. The van der Waals surface area contributed by atoms with Crippen molar-refractivity contribution in [1.29, 1.82) is 0 Å². The predicted molar refractivity (Wildman–Crippen MR) is 73.0 cm³/mol. The molecule has 1 aromatic heterocycles. The number of benzene rings is 1. The molecule has 96 valence electrons. The molecule has 0 atom stereocenters. The van der Waals surface area contributed by atoms with E-state index in [4.69, 9.17) is 5.14 Å². The number of hydrogen-bond acceptors (Lipinski definition) is 5. The van der Waals surface area contributed by atoms with E-state index in [1.807, 2.05) is 31.2 Å². The van der Waals surface area contributed by atoms with Crippen molar-refractivity contribution in [1.82, 2.24) is 9.97 Å². The molecule has 0 spiro atoms. The number of aryl methyl sites for hydroxylation is 1. The van der Waals surface area contributed by atoms with Gasteiger partial charge in [0.25, 0.3) is 0 Å². The molecule has 0 aliphatic rings. The van der Waals surface area contributed by atoms with Gasteiger partial charge in [0.15, 0.2) is 0 Å². The summed E-state index contributed by atoms with van der Waals surface area (Å²) in [5.41, 5.74) is 2.44. The van der Waals surface area contributed by atoms with Crippen molar-refractivity contribution in [3.63, 3.8) is 0 Å². The number of nitrogens with zero attached hydrogens (tertiary/aromatic N) is 2. The molecule has 0 bridgehead atoms. The van der Waals surface area contributed by atoms with E-state index in [1.54, 1.807) is 0 Å². The molecule has 0 unspecified atom stereocenters. The third-order valence-electron chi connectivity index (χ3n) is 2.31. The second-order valence-corrected chi connectivity index (χ2v) is 6.64. The van der Waals surface area contributed by atoms with Crippen LogP contribution in [0.3, 0.4) is 0 Å². The molecule has 1 heterocycles. The van der Waals surface area contributed by atoms with Gasteiger partial charge in [-0.25, -0.2) is 23.5 Å². The first kappa shape index (κ1) is 13.3. The molecule has 0 aliphatic carbocycles. The van der Waals surface area contributed by atoms with Crippen LogP contribution < -0.4 is 5.14 Å². The summed E-state index contributed by atoms with van der Waals surface area (Å²) >= 11 is 1.36. The molecular formula is C11H13N3O2S2. The normalized spacial score (nSPS) is 11.9. The van der Waals surface area contributed by atoms with Crippen molar-refractivity contribution in [3.05, 3.63) is 30.0 Å². The number of para-hydroxylation sites is 2. The van der Waals surface area contributed by atoms with Gasteiger partial charge in [-0.2, -0.15) is 0 Å². The fraction of sp³-hybridized carbons (Fsp3) is 0.273. The Morgan fingerprint density at radius 3 is 2.44 bits per heavy atom. The fourth-order valence-electron chi connectivity index (χ4n) is 1.46. The molecule has 0 fully saturated rings. The molecule has 1 aromatic carbocycles. The SMILES string of the molecule is Cc1nc2ccccc2nc1SCCS(N)(=O)=O. The lowest BCUT2D eigenvalue weighted by Gasteiger charge is -2.05. The highest BCUT2D eigenvalue weighted by atomic mass is 32.2. The van der Waals surface area contributed by atoms with Crippen LogP contribution >= 0.6 is 11.8 Å². The Hall–Kier alpha value is -1.18. The highest BCUT2D eigenvalue weighted by molar-refractivity contribution is 8.00. The average Bonchev–Trinajstić information content (AvgIpc) is 2.28. The molecule has 18 heavy (non-hydrogen) atoms. The largest absolute Gasteiger partial charge is 0.249 e. The van der Waals surface area contributed by atoms with Gasteiger partial charge in [-0.3, -0.25) is 0 Å². The van der Waals surface area contributed by atoms with Gasteiger partial charge in [0.1, 0.15) is 5.03 Å². The van der Waals surface area contributed by atoms with Crippen molar-refractivity contribution < 1.29 is 8.42 Å². The molecule has 0 amide bonds. The first-order valence-corrected chi connectivity index (χ1v) is 8.02. The topological polar surface area (TPSA) is 85.9 Å². The van der Waals surface area contributed by atoms with Crippen LogP contribution in [-0.2, 0) is 10.0 Å². The highest BCUT2D eigenvalue weighted by Crippen LogP contribution is 2.21. The first-order chi connectivity index (χ1) is 8.46. The molecule has 0 radical (unpaired) electrons. The second kappa shape index (κ2) is 5.21. The van der Waals surface area contributed by atoms with Crippen LogP contribution in [0.15, 0.2) is 29.3 Å². The van der Waals surface area contributed by atoms with E-state index in [9.17, 15) is 8.42 Å². The number of primary sulfonamides is 1. The molecule has 0 saturated heterocycles. The van der Waals surface area contributed by atoms with Gasteiger partial charge in [0, 0.05) is 5.75 Å². The highest BCUT2D eigenvalue weighted by Gasteiger charge is 2.08. The van der Waals surface area contributed by atoms with Gasteiger partial charge in [-0.05, 0) is 19.1 Å².